The van der Waals surface area contributed by atoms with Crippen molar-refractivity contribution in [1.82, 2.24) is 0 Å². The fourth-order valence-corrected chi connectivity index (χ4v) is 2.60. The molecule has 1 saturated heterocycles. The first-order valence-corrected chi connectivity index (χ1v) is 6.25. The van der Waals surface area contributed by atoms with Gasteiger partial charge in [0, 0.05) is 23.7 Å². The smallest absolute Gasteiger partial charge is 0.124 e. The van der Waals surface area contributed by atoms with Crippen molar-refractivity contribution in [3.8, 4) is 0 Å². The number of nitrogens with two attached hydrogens (primary N) is 1. The highest BCUT2D eigenvalue weighted by Gasteiger charge is 2.22. The van der Waals surface area contributed by atoms with Gasteiger partial charge in [-0.3, -0.25) is 0 Å². The molecule has 0 saturated carbocycles. The zero-order valence-corrected chi connectivity index (χ0v) is 10.5. The van der Waals surface area contributed by atoms with Gasteiger partial charge in [0.1, 0.15) is 5.82 Å². The number of ether oxygens (including phenoxy) is 1. The van der Waals surface area contributed by atoms with Crippen LogP contribution in [-0.4, -0.2) is 13.2 Å². The number of benzene rings is 1. The lowest BCUT2D eigenvalue weighted by molar-refractivity contribution is 0.0583. The van der Waals surface area contributed by atoms with Crippen LogP contribution in [0.1, 0.15) is 24.4 Å². The molecular weight excluding hydrogens is 273 g/mol. The van der Waals surface area contributed by atoms with E-state index in [1.54, 1.807) is 0 Å². The second-order valence-electron chi connectivity index (χ2n) is 4.18. The standard InChI is InChI=1S/C12H15BrFNO/c13-10-5-9(6-11(14)7-10)12(15)8-1-3-16-4-2-8/h5-8,12H,1-4,15H2/t12-/m0/s1. The first-order chi connectivity index (χ1) is 7.66. The fraction of sp³-hybridized carbons (Fsp3) is 0.500. The van der Waals surface area contributed by atoms with E-state index in [1.807, 2.05) is 6.07 Å². The van der Waals surface area contributed by atoms with E-state index < -0.39 is 0 Å². The maximum absolute atomic E-state index is 13.2. The molecular formula is C12H15BrFNO. The normalized spacial score (nSPS) is 19.7. The van der Waals surface area contributed by atoms with Gasteiger partial charge in [-0.05, 0) is 42.5 Å². The average molecular weight is 288 g/mol. The molecule has 2 rings (SSSR count). The van der Waals surface area contributed by atoms with Gasteiger partial charge < -0.3 is 10.5 Å². The predicted molar refractivity (Wildman–Crippen MR) is 64.6 cm³/mol. The third-order valence-corrected chi connectivity index (χ3v) is 3.50. The van der Waals surface area contributed by atoms with E-state index in [-0.39, 0.29) is 11.9 Å². The van der Waals surface area contributed by atoms with Crippen LogP contribution in [0, 0.1) is 11.7 Å². The zero-order chi connectivity index (χ0) is 11.5. The Morgan fingerprint density at radius 3 is 2.62 bits per heavy atom. The first kappa shape index (κ1) is 12.0. The predicted octanol–water partition coefficient (Wildman–Crippen LogP) is 3.01. The van der Waals surface area contributed by atoms with Crippen LogP contribution in [-0.2, 0) is 4.74 Å². The van der Waals surface area contributed by atoms with Gasteiger partial charge in [0.05, 0.1) is 0 Å². The van der Waals surface area contributed by atoms with Crippen LogP contribution in [0.2, 0.25) is 0 Å². The number of halogens is 2. The minimum Gasteiger partial charge on any atom is -0.381 e. The van der Waals surface area contributed by atoms with Crippen LogP contribution in [0.5, 0.6) is 0 Å². The van der Waals surface area contributed by atoms with Crippen LogP contribution in [0.3, 0.4) is 0 Å². The summed E-state index contributed by atoms with van der Waals surface area (Å²) in [5, 5.41) is 0. The van der Waals surface area contributed by atoms with E-state index in [4.69, 9.17) is 10.5 Å². The molecule has 0 spiro atoms. The lowest BCUT2D eigenvalue weighted by atomic mass is 9.88. The van der Waals surface area contributed by atoms with Crippen molar-refractivity contribution >= 4 is 15.9 Å². The molecule has 2 N–H and O–H groups in total. The molecule has 1 fully saturated rings. The summed E-state index contributed by atoms with van der Waals surface area (Å²) in [5.41, 5.74) is 7.02. The Balaban J connectivity index is 2.15. The number of rotatable bonds is 2. The molecule has 2 nitrogen and oxygen atoms in total. The molecule has 1 atom stereocenters. The monoisotopic (exact) mass is 287 g/mol. The minimum absolute atomic E-state index is 0.101. The van der Waals surface area contributed by atoms with E-state index in [0.717, 1.165) is 36.1 Å². The third-order valence-electron chi connectivity index (χ3n) is 3.04. The molecule has 16 heavy (non-hydrogen) atoms. The quantitative estimate of drug-likeness (QED) is 0.908. The molecule has 0 radical (unpaired) electrons. The van der Waals surface area contributed by atoms with Gasteiger partial charge in [-0.2, -0.15) is 0 Å². The van der Waals surface area contributed by atoms with Gasteiger partial charge >= 0.3 is 0 Å². The fourth-order valence-electron chi connectivity index (χ4n) is 2.11. The molecule has 1 aliphatic rings. The zero-order valence-electron chi connectivity index (χ0n) is 8.96. The van der Waals surface area contributed by atoms with Crippen molar-refractivity contribution in [3.05, 3.63) is 34.1 Å². The molecule has 4 heteroatoms. The maximum Gasteiger partial charge on any atom is 0.124 e. The topological polar surface area (TPSA) is 35.2 Å². The Morgan fingerprint density at radius 1 is 1.31 bits per heavy atom. The van der Waals surface area contributed by atoms with Gasteiger partial charge in [-0.25, -0.2) is 4.39 Å². The summed E-state index contributed by atoms with van der Waals surface area (Å²) in [6.45, 7) is 1.52. The van der Waals surface area contributed by atoms with Crippen molar-refractivity contribution in [2.24, 2.45) is 11.7 Å². The molecule has 1 heterocycles. The SMILES string of the molecule is N[C@H](c1cc(F)cc(Br)c1)C1CCOCC1. The molecule has 0 bridgehead atoms. The Labute approximate surface area is 103 Å². The van der Waals surface area contributed by atoms with Crippen molar-refractivity contribution in [3.63, 3.8) is 0 Å². The maximum atomic E-state index is 13.2. The highest BCUT2D eigenvalue weighted by molar-refractivity contribution is 9.10. The molecule has 88 valence electrons. The van der Waals surface area contributed by atoms with E-state index in [2.05, 4.69) is 15.9 Å². The highest BCUT2D eigenvalue weighted by atomic mass is 79.9. The summed E-state index contributed by atoms with van der Waals surface area (Å²) in [7, 11) is 0. The largest absolute Gasteiger partial charge is 0.381 e. The van der Waals surface area contributed by atoms with Gasteiger partial charge in [0.15, 0.2) is 0 Å². The van der Waals surface area contributed by atoms with Gasteiger partial charge in [-0.1, -0.05) is 15.9 Å². The molecule has 0 amide bonds. The Morgan fingerprint density at radius 2 is 2.00 bits per heavy atom. The Bertz CT molecular complexity index is 346. The molecule has 1 aromatic rings. The molecule has 1 aliphatic heterocycles. The van der Waals surface area contributed by atoms with Crippen LogP contribution in [0.25, 0.3) is 0 Å². The van der Waals surface area contributed by atoms with Crippen molar-refractivity contribution < 1.29 is 9.13 Å². The van der Waals surface area contributed by atoms with Crippen LogP contribution >= 0.6 is 15.9 Å². The Kier molecular flexibility index (Phi) is 3.95. The van der Waals surface area contributed by atoms with Crippen LogP contribution in [0.4, 0.5) is 4.39 Å². The van der Waals surface area contributed by atoms with E-state index >= 15 is 0 Å². The second-order valence-corrected chi connectivity index (χ2v) is 5.09. The molecule has 0 unspecified atom stereocenters. The second kappa shape index (κ2) is 5.25. The lowest BCUT2D eigenvalue weighted by Gasteiger charge is -2.28. The summed E-state index contributed by atoms with van der Waals surface area (Å²) in [6, 6.07) is 4.75. The van der Waals surface area contributed by atoms with Crippen molar-refractivity contribution in [2.45, 2.75) is 18.9 Å². The van der Waals surface area contributed by atoms with E-state index in [9.17, 15) is 4.39 Å². The molecule has 0 aliphatic carbocycles. The van der Waals surface area contributed by atoms with Crippen LogP contribution < -0.4 is 5.73 Å². The Hall–Kier alpha value is -0.450. The minimum atomic E-state index is -0.244. The number of hydrogen-bond acceptors (Lipinski definition) is 2. The summed E-state index contributed by atoms with van der Waals surface area (Å²) >= 11 is 3.29. The van der Waals surface area contributed by atoms with Gasteiger partial charge in [-0.15, -0.1) is 0 Å². The summed E-state index contributed by atoms with van der Waals surface area (Å²) in [4.78, 5) is 0. The highest BCUT2D eigenvalue weighted by Crippen LogP contribution is 2.29. The molecule has 1 aromatic carbocycles. The third kappa shape index (κ3) is 2.81. The van der Waals surface area contributed by atoms with Crippen LogP contribution in [0.15, 0.2) is 22.7 Å². The van der Waals surface area contributed by atoms with Crippen molar-refractivity contribution in [2.75, 3.05) is 13.2 Å². The molecule has 0 aromatic heterocycles. The van der Waals surface area contributed by atoms with Crippen molar-refractivity contribution in [1.29, 1.82) is 0 Å². The van der Waals surface area contributed by atoms with Gasteiger partial charge in [0.2, 0.25) is 0 Å². The van der Waals surface area contributed by atoms with E-state index in [1.165, 1.54) is 12.1 Å². The average Bonchev–Trinajstić information content (AvgIpc) is 2.28. The lowest BCUT2D eigenvalue weighted by Crippen LogP contribution is -2.27. The van der Waals surface area contributed by atoms with Gasteiger partial charge in [0.25, 0.3) is 0 Å². The van der Waals surface area contributed by atoms with E-state index in [0.29, 0.717) is 5.92 Å². The number of hydrogen-bond donors (Lipinski definition) is 1. The summed E-state index contributed by atoms with van der Waals surface area (Å²) < 4.78 is 19.3. The summed E-state index contributed by atoms with van der Waals surface area (Å²) in [6.07, 6.45) is 1.91. The first-order valence-electron chi connectivity index (χ1n) is 5.46. The summed E-state index contributed by atoms with van der Waals surface area (Å²) in [5.74, 6) is 0.148.